The molecule has 130 valence electrons. The molecule has 0 N–H and O–H groups in total. The largest absolute Gasteiger partial charge is 0.461 e. The van der Waals surface area contributed by atoms with Crippen LogP contribution in [0.15, 0.2) is 53.1 Å². The molecule has 1 amide bonds. The maximum Gasteiger partial charge on any atom is 0.309 e. The second-order valence-electron chi connectivity index (χ2n) is 6.02. The van der Waals surface area contributed by atoms with Crippen LogP contribution in [-0.2, 0) is 16.1 Å². The highest BCUT2D eigenvalue weighted by Gasteiger charge is 2.29. The predicted octanol–water partition coefficient (Wildman–Crippen LogP) is 3.44. The summed E-state index contributed by atoms with van der Waals surface area (Å²) in [7, 11) is 0. The van der Waals surface area contributed by atoms with E-state index in [-0.39, 0.29) is 17.8 Å². The summed E-state index contributed by atoms with van der Waals surface area (Å²) < 4.78 is 6.24. The van der Waals surface area contributed by atoms with Crippen molar-refractivity contribution in [1.29, 1.82) is 0 Å². The highest BCUT2D eigenvalue weighted by molar-refractivity contribution is 9.10. The van der Waals surface area contributed by atoms with Crippen LogP contribution in [0.2, 0.25) is 0 Å². The molecule has 2 heterocycles. The Kier molecular flexibility index (Phi) is 5.81. The lowest BCUT2D eigenvalue weighted by Gasteiger charge is -2.30. The summed E-state index contributed by atoms with van der Waals surface area (Å²) in [6.07, 6.45) is 2.85. The van der Waals surface area contributed by atoms with Gasteiger partial charge in [-0.1, -0.05) is 30.3 Å². The summed E-state index contributed by atoms with van der Waals surface area (Å²) in [5.41, 5.74) is 1.40. The van der Waals surface area contributed by atoms with Crippen molar-refractivity contribution in [2.45, 2.75) is 19.4 Å². The van der Waals surface area contributed by atoms with Gasteiger partial charge in [-0.25, -0.2) is 4.98 Å². The molecule has 1 saturated heterocycles. The molecule has 1 aliphatic rings. The van der Waals surface area contributed by atoms with Crippen molar-refractivity contribution >= 4 is 27.8 Å². The first-order valence-corrected chi connectivity index (χ1v) is 9.04. The molecule has 2 aromatic rings. The first-order valence-electron chi connectivity index (χ1n) is 8.25. The van der Waals surface area contributed by atoms with Gasteiger partial charge in [0, 0.05) is 23.8 Å². The first-order chi connectivity index (χ1) is 12.1. The Labute approximate surface area is 155 Å². The van der Waals surface area contributed by atoms with E-state index >= 15 is 0 Å². The van der Waals surface area contributed by atoms with E-state index in [1.807, 2.05) is 30.3 Å². The van der Waals surface area contributed by atoms with E-state index in [0.717, 1.165) is 10.0 Å². The number of halogens is 1. The number of pyridine rings is 1. The maximum atomic E-state index is 12.4. The number of nitrogens with zero attached hydrogens (tertiary/aromatic N) is 2. The molecular weight excluding hydrogens is 384 g/mol. The molecule has 25 heavy (non-hydrogen) atoms. The highest BCUT2D eigenvalue weighted by Crippen LogP contribution is 2.21. The van der Waals surface area contributed by atoms with Gasteiger partial charge >= 0.3 is 5.97 Å². The number of aromatic nitrogens is 1. The highest BCUT2D eigenvalue weighted by atomic mass is 79.9. The number of rotatable bonds is 4. The third kappa shape index (κ3) is 4.66. The fourth-order valence-electron chi connectivity index (χ4n) is 2.83. The summed E-state index contributed by atoms with van der Waals surface area (Å²) in [5, 5.41) is 0. The molecule has 1 aliphatic heterocycles. The molecule has 1 aromatic heterocycles. The molecular formula is C19H19BrN2O3. The van der Waals surface area contributed by atoms with E-state index in [0.29, 0.717) is 38.2 Å². The molecule has 0 spiro atoms. The Bertz CT molecular complexity index is 726. The second kappa shape index (κ2) is 8.25. The zero-order valence-electron chi connectivity index (χ0n) is 13.7. The number of carbonyl (C=O) groups excluding carboxylic acids is 2. The van der Waals surface area contributed by atoms with Crippen molar-refractivity contribution in [3.05, 3.63) is 64.4 Å². The van der Waals surface area contributed by atoms with Crippen molar-refractivity contribution in [2.24, 2.45) is 5.92 Å². The minimum atomic E-state index is -0.183. The number of amides is 1. The number of hydrogen-bond acceptors (Lipinski definition) is 4. The summed E-state index contributed by atoms with van der Waals surface area (Å²) in [5.74, 6) is -0.424. The summed E-state index contributed by atoms with van der Waals surface area (Å²) in [4.78, 5) is 30.5. The third-order valence-electron chi connectivity index (χ3n) is 4.29. The lowest BCUT2D eigenvalue weighted by molar-refractivity contribution is -0.151. The van der Waals surface area contributed by atoms with Gasteiger partial charge in [0.1, 0.15) is 12.3 Å². The van der Waals surface area contributed by atoms with Crippen LogP contribution >= 0.6 is 15.9 Å². The molecule has 0 bridgehead atoms. The minimum Gasteiger partial charge on any atom is -0.461 e. The van der Waals surface area contributed by atoms with Crippen LogP contribution < -0.4 is 0 Å². The first kappa shape index (κ1) is 17.6. The van der Waals surface area contributed by atoms with Crippen LogP contribution in [0.5, 0.6) is 0 Å². The number of likely N-dealkylation sites (tertiary alicyclic amines) is 1. The van der Waals surface area contributed by atoms with Crippen molar-refractivity contribution < 1.29 is 14.3 Å². The zero-order chi connectivity index (χ0) is 17.6. The number of ether oxygens (including phenoxy) is 1. The van der Waals surface area contributed by atoms with Crippen LogP contribution in [0.3, 0.4) is 0 Å². The van der Waals surface area contributed by atoms with Crippen molar-refractivity contribution in [2.75, 3.05) is 13.1 Å². The number of piperidine rings is 1. The Hall–Kier alpha value is -2.21. The molecule has 0 aliphatic carbocycles. The Balaban J connectivity index is 1.48. The van der Waals surface area contributed by atoms with Crippen molar-refractivity contribution in [1.82, 2.24) is 9.88 Å². The molecule has 3 rings (SSSR count). The standard InChI is InChI=1S/C19H19BrN2O3/c20-16-6-7-17(21-12-16)18(23)22-10-8-15(9-11-22)19(24)25-13-14-4-2-1-3-5-14/h1-7,12,15H,8-11,13H2. The van der Waals surface area contributed by atoms with E-state index in [9.17, 15) is 9.59 Å². The minimum absolute atomic E-state index is 0.0939. The molecule has 0 atom stereocenters. The van der Waals surface area contributed by atoms with Gasteiger partial charge < -0.3 is 9.64 Å². The topological polar surface area (TPSA) is 59.5 Å². The molecule has 1 aromatic carbocycles. The number of benzene rings is 1. The van der Waals surface area contributed by atoms with Gasteiger partial charge in [0.25, 0.3) is 5.91 Å². The van der Waals surface area contributed by atoms with Gasteiger partial charge in [0.05, 0.1) is 5.92 Å². The van der Waals surface area contributed by atoms with Crippen LogP contribution in [0.1, 0.15) is 28.9 Å². The Morgan fingerprint density at radius 3 is 2.48 bits per heavy atom. The van der Waals surface area contributed by atoms with E-state index in [4.69, 9.17) is 4.74 Å². The van der Waals surface area contributed by atoms with E-state index in [2.05, 4.69) is 20.9 Å². The summed E-state index contributed by atoms with van der Waals surface area (Å²) in [6.45, 7) is 1.38. The summed E-state index contributed by atoms with van der Waals surface area (Å²) >= 11 is 3.31. The van der Waals surface area contributed by atoms with E-state index < -0.39 is 0 Å². The van der Waals surface area contributed by atoms with Gasteiger partial charge in [-0.3, -0.25) is 9.59 Å². The fraction of sp³-hybridized carbons (Fsp3) is 0.316. The molecule has 0 unspecified atom stereocenters. The second-order valence-corrected chi connectivity index (χ2v) is 6.94. The summed E-state index contributed by atoms with van der Waals surface area (Å²) in [6, 6.07) is 13.1. The van der Waals surface area contributed by atoms with E-state index in [1.54, 1.807) is 23.2 Å². The normalized spacial score (nSPS) is 15.0. The quantitative estimate of drug-likeness (QED) is 0.734. The van der Waals surface area contributed by atoms with Gasteiger partial charge in [0.2, 0.25) is 0 Å². The molecule has 5 nitrogen and oxygen atoms in total. The van der Waals surface area contributed by atoms with Gasteiger partial charge in [-0.2, -0.15) is 0 Å². The van der Waals surface area contributed by atoms with Crippen molar-refractivity contribution in [3.63, 3.8) is 0 Å². The van der Waals surface area contributed by atoms with Gasteiger partial charge in [-0.05, 0) is 46.5 Å². The van der Waals surface area contributed by atoms with Crippen molar-refractivity contribution in [3.8, 4) is 0 Å². The average molecular weight is 403 g/mol. The number of hydrogen-bond donors (Lipinski definition) is 0. The monoisotopic (exact) mass is 402 g/mol. The number of esters is 1. The zero-order valence-corrected chi connectivity index (χ0v) is 15.3. The molecule has 0 saturated carbocycles. The van der Waals surface area contributed by atoms with Gasteiger partial charge in [0.15, 0.2) is 0 Å². The van der Waals surface area contributed by atoms with Crippen LogP contribution in [0.4, 0.5) is 0 Å². The smallest absolute Gasteiger partial charge is 0.309 e. The predicted molar refractivity (Wildman–Crippen MR) is 96.8 cm³/mol. The van der Waals surface area contributed by atoms with Crippen LogP contribution in [0, 0.1) is 5.92 Å². The molecule has 6 heteroatoms. The lowest BCUT2D eigenvalue weighted by Crippen LogP contribution is -2.40. The van der Waals surface area contributed by atoms with Crippen LogP contribution in [0.25, 0.3) is 0 Å². The third-order valence-corrected chi connectivity index (χ3v) is 4.76. The SMILES string of the molecule is O=C(OCc1ccccc1)C1CCN(C(=O)c2ccc(Br)cn2)CC1. The van der Waals surface area contributed by atoms with Gasteiger partial charge in [-0.15, -0.1) is 0 Å². The average Bonchev–Trinajstić information content (AvgIpc) is 2.67. The van der Waals surface area contributed by atoms with Crippen LogP contribution in [-0.4, -0.2) is 34.8 Å². The Morgan fingerprint density at radius 1 is 1.12 bits per heavy atom. The molecule has 0 radical (unpaired) electrons. The lowest BCUT2D eigenvalue weighted by atomic mass is 9.97. The molecule has 1 fully saturated rings. The Morgan fingerprint density at radius 2 is 1.84 bits per heavy atom. The number of carbonyl (C=O) groups is 2. The maximum absolute atomic E-state index is 12.4. The fourth-order valence-corrected chi connectivity index (χ4v) is 3.06. The van der Waals surface area contributed by atoms with E-state index in [1.165, 1.54) is 0 Å².